The Kier molecular flexibility index (Phi) is 21.2. The van der Waals surface area contributed by atoms with Crippen LogP contribution in [0.2, 0.25) is 0 Å². The van der Waals surface area contributed by atoms with Gasteiger partial charge in [0, 0.05) is 12.3 Å². The van der Waals surface area contributed by atoms with Crippen molar-refractivity contribution >= 4 is 23.5 Å². The van der Waals surface area contributed by atoms with Crippen LogP contribution in [0.15, 0.2) is 21.9 Å². The molecule has 4 unspecified atom stereocenters. The van der Waals surface area contributed by atoms with E-state index >= 15 is 0 Å². The molecule has 0 aromatic carbocycles. The maximum atomic E-state index is 11.7. The molecule has 7 atom stereocenters. The van der Waals surface area contributed by atoms with Gasteiger partial charge in [0.2, 0.25) is 0 Å². The molecule has 34 heavy (non-hydrogen) atoms. The van der Waals surface area contributed by atoms with Crippen LogP contribution in [0.25, 0.3) is 0 Å². The molecule has 2 heterocycles. The van der Waals surface area contributed by atoms with Crippen molar-refractivity contribution in [2.24, 2.45) is 0 Å². The summed E-state index contributed by atoms with van der Waals surface area (Å²) in [6, 6.07) is 0.898. The Morgan fingerprint density at radius 2 is 1.53 bits per heavy atom. The van der Waals surface area contributed by atoms with Gasteiger partial charge in [-0.3, -0.25) is 28.0 Å². The Morgan fingerprint density at radius 1 is 1.00 bits per heavy atom. The van der Waals surface area contributed by atoms with E-state index in [1.807, 2.05) is 4.98 Å². The molecule has 1 fully saturated rings. The van der Waals surface area contributed by atoms with Gasteiger partial charge < -0.3 is 50.0 Å². The van der Waals surface area contributed by atoms with E-state index in [1.54, 1.807) is 0 Å². The van der Waals surface area contributed by atoms with E-state index in [9.17, 15) is 48.2 Å². The summed E-state index contributed by atoms with van der Waals surface area (Å²) < 4.78 is 49.3. The van der Waals surface area contributed by atoms with E-state index in [2.05, 4.69) is 13.1 Å². The summed E-state index contributed by atoms with van der Waals surface area (Å²) in [6.45, 7) is -1.15. The van der Waals surface area contributed by atoms with Crippen molar-refractivity contribution in [2.75, 3.05) is 6.61 Å². The Morgan fingerprint density at radius 3 is 2.00 bits per heavy atom. The number of phosphoric acid groups is 3. The van der Waals surface area contributed by atoms with Crippen LogP contribution in [-0.4, -0.2) is 60.5 Å². The Labute approximate surface area is 255 Å². The fourth-order valence-electron chi connectivity index (χ4n) is 2.18. The number of rotatable bonds is 8. The van der Waals surface area contributed by atoms with Crippen LogP contribution >= 0.6 is 23.5 Å². The molecule has 1 saturated heterocycles. The van der Waals surface area contributed by atoms with Crippen LogP contribution in [0.4, 0.5) is 0 Å². The van der Waals surface area contributed by atoms with Gasteiger partial charge in [-0.25, -0.2) is 13.4 Å². The minimum absolute atomic E-state index is 0. The zero-order valence-corrected chi connectivity index (χ0v) is 26.4. The predicted octanol–water partition coefficient (Wildman–Crippen LogP) is -15.0. The molecule has 1 aliphatic rings. The van der Waals surface area contributed by atoms with Crippen molar-refractivity contribution in [3.8, 4) is 0 Å². The van der Waals surface area contributed by atoms with Crippen LogP contribution in [0.5, 0.6) is 0 Å². The summed E-state index contributed by atoms with van der Waals surface area (Å²) in [5.41, 5.74) is -1.79. The fraction of sp³-hybridized carbons (Fsp3) is 0.556. The number of hydrogen-bond donors (Lipinski definition) is 4. The number of aromatic amines is 1. The molecule has 182 valence electrons. The minimum Gasteiger partial charge on any atom is -0.756 e. The normalized spacial score (nSPS) is 26.4. The summed E-state index contributed by atoms with van der Waals surface area (Å²) in [6.07, 6.45) is -5.93. The third kappa shape index (κ3) is 13.1. The molecule has 0 radical (unpaired) electrons. The molecule has 8 N–H and O–H groups in total. The number of hydrogen-bond acceptors (Lipinski definition) is 14. The first kappa shape index (κ1) is 43.0. The topological polar surface area (TPSA) is 336 Å². The summed E-state index contributed by atoms with van der Waals surface area (Å²) in [5.74, 6) is 0. The molecule has 0 bridgehead atoms. The third-order valence-electron chi connectivity index (χ3n) is 3.26. The number of aliphatic hydroxyl groups is 2. The zero-order chi connectivity index (χ0) is 22.2. The molecule has 0 spiro atoms. The fourth-order valence-corrected chi connectivity index (χ4v) is 5.07. The molecule has 19 nitrogen and oxygen atoms in total. The molecule has 0 saturated carbocycles. The number of ether oxygens (including phenoxy) is 1. The predicted molar refractivity (Wildman–Crippen MR) is 87.6 cm³/mol. The third-order valence-corrected chi connectivity index (χ3v) is 6.95. The van der Waals surface area contributed by atoms with E-state index in [1.165, 1.54) is 0 Å². The first-order valence-electron chi connectivity index (χ1n) is 7.16. The van der Waals surface area contributed by atoms with Crippen LogP contribution in [0, 0.1) is 0 Å². The van der Waals surface area contributed by atoms with Crippen molar-refractivity contribution in [3.63, 3.8) is 0 Å². The first-order valence-corrected chi connectivity index (χ1v) is 11.6. The van der Waals surface area contributed by atoms with Crippen molar-refractivity contribution in [3.05, 3.63) is 33.1 Å². The Bertz CT molecular complexity index is 1010. The van der Waals surface area contributed by atoms with Crippen molar-refractivity contribution < 1.29 is 161 Å². The Hall–Kier alpha value is 1.89. The van der Waals surface area contributed by atoms with Crippen LogP contribution in [-0.2, 0) is 31.6 Å². The molecule has 0 amide bonds. The molecular weight excluding hydrogens is 570 g/mol. The standard InChI is InChI=1S/C9H15N2O15P3.3Na.2H2O/c12-5-1-2-11(9(15)10-5)8-7(14)6(13)4(24-8)3-23-28(19,20)26-29(21,22)25-27(16,17)18;;;;;/h1-2,4,6-8,13-14H,3H2,(H,19,20)(H,21,22)(H,10,12,15)(H2,16,17,18);;;;2*1H2/q;3*+1;;/p-3/t4-,6+,7?,8-;;;;;/m1...../s1. The monoisotopic (exact) mass is 586 g/mol. The number of nitrogens with zero attached hydrogens (tertiary/aromatic N) is 1. The van der Waals surface area contributed by atoms with Gasteiger partial charge in [-0.05, 0) is 0 Å². The Balaban J connectivity index is -0.000000900. The maximum Gasteiger partial charge on any atom is 1.00 e. The van der Waals surface area contributed by atoms with Gasteiger partial charge in [0.05, 0.1) is 6.61 Å². The van der Waals surface area contributed by atoms with E-state index in [-0.39, 0.29) is 99.6 Å². The zero-order valence-electron chi connectivity index (χ0n) is 17.7. The van der Waals surface area contributed by atoms with Gasteiger partial charge in [-0.1, -0.05) is 0 Å². The van der Waals surface area contributed by atoms with Gasteiger partial charge in [0.15, 0.2) is 6.23 Å². The summed E-state index contributed by atoms with van der Waals surface area (Å²) in [4.78, 5) is 65.8. The molecule has 1 aromatic rings. The van der Waals surface area contributed by atoms with Crippen molar-refractivity contribution in [2.45, 2.75) is 24.5 Å². The van der Waals surface area contributed by atoms with Gasteiger partial charge in [0.25, 0.3) is 29.0 Å². The number of H-pyrrole nitrogens is 1. The number of aromatic nitrogens is 2. The van der Waals surface area contributed by atoms with Crippen molar-refractivity contribution in [1.29, 1.82) is 0 Å². The average molecular weight is 586 g/mol. The molecule has 1 aliphatic heterocycles. The smallest absolute Gasteiger partial charge is 0.756 e. The second-order valence-electron chi connectivity index (χ2n) is 5.39. The molecular formula is C9H16N2Na3O17P3. The first-order chi connectivity index (χ1) is 13.1. The summed E-state index contributed by atoms with van der Waals surface area (Å²) in [7, 11) is -17.8. The molecule has 25 heteroatoms. The largest absolute Gasteiger partial charge is 1.00 e. The second-order valence-corrected chi connectivity index (χ2v) is 9.68. The summed E-state index contributed by atoms with van der Waals surface area (Å²) >= 11 is 0. The average Bonchev–Trinajstić information content (AvgIpc) is 2.78. The van der Waals surface area contributed by atoms with Gasteiger partial charge in [-0.2, -0.15) is 0 Å². The number of phosphoric ester groups is 1. The maximum absolute atomic E-state index is 11.7. The van der Waals surface area contributed by atoms with E-state index in [0.29, 0.717) is 4.57 Å². The number of nitrogens with one attached hydrogen (secondary N) is 1. The quantitative estimate of drug-likeness (QED) is 0.162. The van der Waals surface area contributed by atoms with E-state index in [0.717, 1.165) is 12.3 Å². The molecule has 1 aromatic heterocycles. The SMILES string of the molecule is O.O.O=c1ccn([C@@H]2O[C@H](COP(=O)([O-])OP(=O)([O-])OP(=O)([O-])O)[C@H](O)C2O)c(=O)[nH]1.[Na+].[Na+].[Na+]. The van der Waals surface area contributed by atoms with Crippen LogP contribution in [0.3, 0.4) is 0 Å². The second kappa shape index (κ2) is 16.8. The van der Waals surface area contributed by atoms with Crippen molar-refractivity contribution in [1.82, 2.24) is 9.55 Å². The van der Waals surface area contributed by atoms with E-state index < -0.39 is 65.9 Å². The van der Waals surface area contributed by atoms with Gasteiger partial charge >= 0.3 is 94.4 Å². The summed E-state index contributed by atoms with van der Waals surface area (Å²) in [5, 5.41) is 19.8. The van der Waals surface area contributed by atoms with Gasteiger partial charge in [0.1, 0.15) is 18.3 Å². The molecule has 0 aliphatic carbocycles. The minimum atomic E-state index is -6.10. The van der Waals surface area contributed by atoms with Crippen LogP contribution < -0.4 is 115 Å². The van der Waals surface area contributed by atoms with Crippen LogP contribution in [0.1, 0.15) is 6.23 Å². The number of aliphatic hydroxyl groups excluding tert-OH is 2. The van der Waals surface area contributed by atoms with Gasteiger partial charge in [-0.15, -0.1) is 0 Å². The van der Waals surface area contributed by atoms with E-state index in [4.69, 9.17) is 9.63 Å². The molecule has 2 rings (SSSR count).